The molecule has 0 spiro atoms. The lowest BCUT2D eigenvalue weighted by atomic mass is 9.99. The second-order valence-electron chi connectivity index (χ2n) is 6.62. The highest BCUT2D eigenvalue weighted by molar-refractivity contribution is 5.83. The van der Waals surface area contributed by atoms with E-state index in [9.17, 15) is 10.2 Å². The monoisotopic (exact) mass is 302 g/mol. The van der Waals surface area contributed by atoms with Gasteiger partial charge < -0.3 is 19.7 Å². The zero-order valence-corrected chi connectivity index (χ0v) is 13.3. The topological polar surface area (TPSA) is 48.6 Å². The minimum absolute atomic E-state index is 0.0353. The molecular formula is C18H26N2O2. The molecule has 1 unspecified atom stereocenters. The molecule has 22 heavy (non-hydrogen) atoms. The molecule has 120 valence electrons. The van der Waals surface area contributed by atoms with E-state index < -0.39 is 0 Å². The zero-order valence-electron chi connectivity index (χ0n) is 13.3. The number of fused-ring (bicyclic) bond motifs is 1. The molecule has 0 aliphatic carbocycles. The highest BCUT2D eigenvalue weighted by Gasteiger charge is 2.19. The molecule has 2 aromatic rings. The third-order valence-corrected chi connectivity index (χ3v) is 4.79. The number of para-hydroxylation sites is 1. The summed E-state index contributed by atoms with van der Waals surface area (Å²) in [7, 11) is 0. The summed E-state index contributed by atoms with van der Waals surface area (Å²) >= 11 is 0. The Hall–Kier alpha value is -1.36. The fourth-order valence-corrected chi connectivity index (χ4v) is 3.43. The molecule has 0 radical (unpaired) electrons. The van der Waals surface area contributed by atoms with E-state index >= 15 is 0 Å². The quantitative estimate of drug-likeness (QED) is 0.890. The fourth-order valence-electron chi connectivity index (χ4n) is 3.43. The number of aliphatic hydroxyl groups is 2. The molecule has 0 saturated carbocycles. The fraction of sp³-hybridized carbons (Fsp3) is 0.556. The lowest BCUT2D eigenvalue weighted by molar-refractivity contribution is 0.0809. The Kier molecular flexibility index (Phi) is 4.81. The van der Waals surface area contributed by atoms with Gasteiger partial charge >= 0.3 is 0 Å². The molecule has 1 saturated heterocycles. The minimum Gasteiger partial charge on any atom is -0.392 e. The summed E-state index contributed by atoms with van der Waals surface area (Å²) in [5.41, 5.74) is 2.01. The minimum atomic E-state index is -0.379. The van der Waals surface area contributed by atoms with Crippen molar-refractivity contribution >= 4 is 10.9 Å². The van der Waals surface area contributed by atoms with Crippen LogP contribution in [-0.2, 0) is 13.2 Å². The molecule has 1 aromatic heterocycles. The second kappa shape index (κ2) is 6.82. The van der Waals surface area contributed by atoms with Crippen molar-refractivity contribution in [2.24, 2.45) is 5.92 Å². The van der Waals surface area contributed by atoms with Crippen molar-refractivity contribution in [3.8, 4) is 0 Å². The lowest BCUT2D eigenvalue weighted by Crippen LogP contribution is -2.39. The van der Waals surface area contributed by atoms with Gasteiger partial charge in [0.05, 0.1) is 12.7 Å². The van der Waals surface area contributed by atoms with E-state index in [1.165, 1.54) is 12.8 Å². The van der Waals surface area contributed by atoms with Gasteiger partial charge in [-0.15, -0.1) is 0 Å². The summed E-state index contributed by atoms with van der Waals surface area (Å²) in [4.78, 5) is 2.36. The predicted molar refractivity (Wildman–Crippen MR) is 88.7 cm³/mol. The molecule has 0 amide bonds. The van der Waals surface area contributed by atoms with E-state index in [-0.39, 0.29) is 12.7 Å². The molecular weight excluding hydrogens is 276 g/mol. The Morgan fingerprint density at radius 3 is 2.64 bits per heavy atom. The summed E-state index contributed by atoms with van der Waals surface area (Å²) < 4.78 is 2.07. The van der Waals surface area contributed by atoms with Crippen LogP contribution in [0.1, 0.15) is 25.3 Å². The maximum atomic E-state index is 10.4. The van der Waals surface area contributed by atoms with Gasteiger partial charge in [-0.25, -0.2) is 0 Å². The number of likely N-dealkylation sites (tertiary alicyclic amines) is 1. The number of aromatic nitrogens is 1. The van der Waals surface area contributed by atoms with Gasteiger partial charge in [0, 0.05) is 35.8 Å². The van der Waals surface area contributed by atoms with Gasteiger partial charge in [0.1, 0.15) is 0 Å². The number of aliphatic hydroxyl groups excluding tert-OH is 2. The van der Waals surface area contributed by atoms with Gasteiger partial charge in [-0.2, -0.15) is 0 Å². The predicted octanol–water partition coefficient (Wildman–Crippen LogP) is 2.23. The normalized spacial score (nSPS) is 18.9. The van der Waals surface area contributed by atoms with Crippen molar-refractivity contribution in [2.45, 2.75) is 39.0 Å². The Morgan fingerprint density at radius 1 is 1.18 bits per heavy atom. The average Bonchev–Trinajstić information content (AvgIpc) is 2.88. The largest absolute Gasteiger partial charge is 0.392 e. The summed E-state index contributed by atoms with van der Waals surface area (Å²) in [6.07, 6.45) is 4.05. The van der Waals surface area contributed by atoms with Crippen molar-refractivity contribution in [3.63, 3.8) is 0 Å². The smallest absolute Gasteiger partial charge is 0.0845 e. The average molecular weight is 302 g/mol. The van der Waals surface area contributed by atoms with Crippen molar-refractivity contribution in [1.29, 1.82) is 0 Å². The van der Waals surface area contributed by atoms with Gasteiger partial charge in [-0.1, -0.05) is 25.1 Å². The van der Waals surface area contributed by atoms with Crippen molar-refractivity contribution < 1.29 is 10.2 Å². The van der Waals surface area contributed by atoms with Crippen molar-refractivity contribution in [2.75, 3.05) is 19.6 Å². The zero-order chi connectivity index (χ0) is 15.5. The van der Waals surface area contributed by atoms with E-state index in [0.717, 1.165) is 42.0 Å². The Labute approximate surface area is 132 Å². The van der Waals surface area contributed by atoms with Crippen LogP contribution >= 0.6 is 0 Å². The van der Waals surface area contributed by atoms with Crippen molar-refractivity contribution in [3.05, 3.63) is 36.0 Å². The SMILES string of the molecule is CC1CCN(CC(O)Cn2cc(CO)c3ccccc32)CC1. The van der Waals surface area contributed by atoms with Crippen LogP contribution < -0.4 is 0 Å². The first-order chi connectivity index (χ1) is 10.7. The molecule has 4 heteroatoms. The van der Waals surface area contributed by atoms with E-state index in [1.807, 2.05) is 30.5 Å². The van der Waals surface area contributed by atoms with Crippen LogP contribution in [-0.4, -0.2) is 45.4 Å². The van der Waals surface area contributed by atoms with Crippen LogP contribution in [0.4, 0.5) is 0 Å². The van der Waals surface area contributed by atoms with E-state index in [1.54, 1.807) is 0 Å². The number of β-amino-alcohol motifs (C(OH)–C–C–N with tert-alkyl or cyclic N) is 1. The van der Waals surface area contributed by atoms with Gasteiger partial charge in [-0.05, 0) is 37.9 Å². The Bertz CT molecular complexity index is 615. The van der Waals surface area contributed by atoms with Gasteiger partial charge in [0.2, 0.25) is 0 Å². The number of piperidine rings is 1. The van der Waals surface area contributed by atoms with E-state index in [4.69, 9.17) is 0 Å². The van der Waals surface area contributed by atoms with E-state index in [0.29, 0.717) is 6.54 Å². The van der Waals surface area contributed by atoms with Crippen LogP contribution in [0.25, 0.3) is 10.9 Å². The van der Waals surface area contributed by atoms with Crippen LogP contribution in [0.3, 0.4) is 0 Å². The molecule has 3 rings (SSSR count). The number of benzene rings is 1. The maximum absolute atomic E-state index is 10.4. The van der Waals surface area contributed by atoms with Crippen LogP contribution in [0, 0.1) is 5.92 Å². The third kappa shape index (κ3) is 3.35. The highest BCUT2D eigenvalue weighted by atomic mass is 16.3. The standard InChI is InChI=1S/C18H26N2O2/c1-14-6-8-19(9-7-14)11-16(22)12-20-10-15(13-21)17-4-2-3-5-18(17)20/h2-5,10,14,16,21-22H,6-9,11-13H2,1H3. The first-order valence-electron chi connectivity index (χ1n) is 8.25. The summed E-state index contributed by atoms with van der Waals surface area (Å²) in [5, 5.41) is 21.0. The lowest BCUT2D eigenvalue weighted by Gasteiger charge is -2.31. The third-order valence-electron chi connectivity index (χ3n) is 4.79. The molecule has 4 nitrogen and oxygen atoms in total. The first kappa shape index (κ1) is 15.5. The molecule has 1 fully saturated rings. The molecule has 2 heterocycles. The van der Waals surface area contributed by atoms with E-state index in [2.05, 4.69) is 16.4 Å². The molecule has 1 atom stereocenters. The Morgan fingerprint density at radius 2 is 1.91 bits per heavy atom. The number of hydrogen-bond donors (Lipinski definition) is 2. The molecule has 1 aromatic carbocycles. The van der Waals surface area contributed by atoms with Gasteiger partial charge in [-0.3, -0.25) is 0 Å². The first-order valence-corrected chi connectivity index (χ1v) is 8.25. The number of hydrogen-bond acceptors (Lipinski definition) is 3. The maximum Gasteiger partial charge on any atom is 0.0845 e. The number of nitrogens with zero attached hydrogens (tertiary/aromatic N) is 2. The molecule has 1 aliphatic heterocycles. The summed E-state index contributed by atoms with van der Waals surface area (Å²) in [6, 6.07) is 8.05. The highest BCUT2D eigenvalue weighted by Crippen LogP contribution is 2.22. The van der Waals surface area contributed by atoms with Gasteiger partial charge in [0.15, 0.2) is 0 Å². The Balaban J connectivity index is 1.67. The van der Waals surface area contributed by atoms with Gasteiger partial charge in [0.25, 0.3) is 0 Å². The summed E-state index contributed by atoms with van der Waals surface area (Å²) in [6.45, 7) is 5.82. The number of rotatable bonds is 5. The molecule has 0 bridgehead atoms. The van der Waals surface area contributed by atoms with Crippen molar-refractivity contribution in [1.82, 2.24) is 9.47 Å². The second-order valence-corrected chi connectivity index (χ2v) is 6.62. The summed E-state index contributed by atoms with van der Waals surface area (Å²) in [5.74, 6) is 0.814. The molecule has 2 N–H and O–H groups in total. The van der Waals surface area contributed by atoms with Crippen LogP contribution in [0.2, 0.25) is 0 Å². The van der Waals surface area contributed by atoms with Crippen LogP contribution in [0.15, 0.2) is 30.5 Å². The van der Waals surface area contributed by atoms with Crippen LogP contribution in [0.5, 0.6) is 0 Å². The molecule has 1 aliphatic rings.